The van der Waals surface area contributed by atoms with Crippen LogP contribution >= 0.6 is 11.3 Å². The first-order valence-corrected chi connectivity index (χ1v) is 5.46. The molecule has 1 aromatic heterocycles. The fraction of sp³-hybridized carbons (Fsp3) is 0.600. The Morgan fingerprint density at radius 2 is 2.23 bits per heavy atom. The van der Waals surface area contributed by atoms with Gasteiger partial charge in [-0.15, -0.1) is 11.3 Å². The normalized spacial score (nSPS) is 16.1. The Labute approximate surface area is 83.4 Å². The van der Waals surface area contributed by atoms with Crippen molar-refractivity contribution in [3.05, 3.63) is 22.4 Å². The summed E-state index contributed by atoms with van der Waals surface area (Å²) in [5.74, 6) is 0.532. The van der Waals surface area contributed by atoms with Gasteiger partial charge in [0, 0.05) is 10.9 Å². The Kier molecular flexibility index (Phi) is 3.90. The van der Waals surface area contributed by atoms with Gasteiger partial charge in [0.05, 0.1) is 0 Å². The second-order valence-corrected chi connectivity index (χ2v) is 4.73. The van der Waals surface area contributed by atoms with E-state index in [9.17, 15) is 5.11 Å². The lowest BCUT2D eigenvalue weighted by atomic mass is 9.99. The molecule has 0 saturated carbocycles. The van der Waals surface area contributed by atoms with Gasteiger partial charge in [-0.3, -0.25) is 0 Å². The minimum absolute atomic E-state index is 0.140. The van der Waals surface area contributed by atoms with E-state index in [1.54, 1.807) is 11.3 Å². The molecular formula is C10H17NOS. The van der Waals surface area contributed by atoms with Crippen LogP contribution in [0.15, 0.2) is 17.5 Å². The van der Waals surface area contributed by atoms with Gasteiger partial charge < -0.3 is 10.8 Å². The van der Waals surface area contributed by atoms with Crippen LogP contribution in [-0.4, -0.2) is 11.1 Å². The molecule has 0 fully saturated rings. The molecule has 0 aliphatic carbocycles. The molecule has 74 valence electrons. The largest absolute Gasteiger partial charge is 0.386 e. The molecule has 0 saturated heterocycles. The van der Waals surface area contributed by atoms with Crippen molar-refractivity contribution in [3.63, 3.8) is 0 Å². The molecule has 0 aromatic carbocycles. The summed E-state index contributed by atoms with van der Waals surface area (Å²) in [7, 11) is 0. The van der Waals surface area contributed by atoms with E-state index in [4.69, 9.17) is 5.73 Å². The van der Waals surface area contributed by atoms with Crippen molar-refractivity contribution in [1.82, 2.24) is 0 Å². The monoisotopic (exact) mass is 199 g/mol. The van der Waals surface area contributed by atoms with E-state index in [1.807, 2.05) is 17.5 Å². The maximum absolute atomic E-state index is 9.81. The average Bonchev–Trinajstić information content (AvgIpc) is 2.53. The average molecular weight is 199 g/mol. The molecule has 0 aliphatic heterocycles. The Balaban J connectivity index is 2.52. The Hall–Kier alpha value is -0.380. The Bertz CT molecular complexity index is 233. The molecule has 13 heavy (non-hydrogen) atoms. The molecule has 1 heterocycles. The lowest BCUT2D eigenvalue weighted by Crippen LogP contribution is -2.29. The van der Waals surface area contributed by atoms with Gasteiger partial charge in [-0.2, -0.15) is 0 Å². The number of aliphatic hydroxyl groups is 1. The summed E-state index contributed by atoms with van der Waals surface area (Å²) in [5, 5.41) is 11.8. The summed E-state index contributed by atoms with van der Waals surface area (Å²) in [5.41, 5.74) is 5.87. The summed E-state index contributed by atoms with van der Waals surface area (Å²) in [6.07, 6.45) is 0.362. The van der Waals surface area contributed by atoms with E-state index in [1.165, 1.54) is 0 Å². The molecule has 1 unspecified atom stereocenters. The van der Waals surface area contributed by atoms with E-state index >= 15 is 0 Å². The van der Waals surface area contributed by atoms with Gasteiger partial charge >= 0.3 is 0 Å². The van der Waals surface area contributed by atoms with Crippen molar-refractivity contribution < 1.29 is 5.11 Å². The summed E-state index contributed by atoms with van der Waals surface area (Å²) in [6, 6.07) is 3.72. The van der Waals surface area contributed by atoms with Crippen molar-refractivity contribution >= 4 is 11.3 Å². The van der Waals surface area contributed by atoms with Crippen LogP contribution in [0, 0.1) is 5.92 Å². The van der Waals surface area contributed by atoms with E-state index < -0.39 is 6.10 Å². The molecule has 3 heteroatoms. The number of nitrogens with two attached hydrogens (primary N) is 1. The van der Waals surface area contributed by atoms with Gasteiger partial charge in [-0.25, -0.2) is 0 Å². The molecular weight excluding hydrogens is 182 g/mol. The molecule has 0 radical (unpaired) electrons. The Morgan fingerprint density at radius 1 is 1.54 bits per heavy atom. The zero-order valence-corrected chi connectivity index (χ0v) is 8.92. The zero-order chi connectivity index (χ0) is 9.84. The zero-order valence-electron chi connectivity index (χ0n) is 8.10. The van der Waals surface area contributed by atoms with Gasteiger partial charge in [-0.05, 0) is 23.8 Å². The van der Waals surface area contributed by atoms with E-state index in [0.717, 1.165) is 11.3 Å². The lowest BCUT2D eigenvalue weighted by molar-refractivity contribution is 0.139. The second kappa shape index (κ2) is 4.74. The lowest BCUT2D eigenvalue weighted by Gasteiger charge is -2.19. The quantitative estimate of drug-likeness (QED) is 0.780. The van der Waals surface area contributed by atoms with E-state index in [2.05, 4.69) is 13.8 Å². The topological polar surface area (TPSA) is 46.2 Å². The van der Waals surface area contributed by atoms with Crippen molar-refractivity contribution in [3.8, 4) is 0 Å². The minimum atomic E-state index is -0.498. The van der Waals surface area contributed by atoms with Crippen molar-refractivity contribution in [2.24, 2.45) is 11.7 Å². The van der Waals surface area contributed by atoms with Crippen molar-refractivity contribution in [2.45, 2.75) is 32.4 Å². The smallest absolute Gasteiger partial charge is 0.103 e. The number of hydrogen-bond donors (Lipinski definition) is 2. The number of hydrogen-bond acceptors (Lipinski definition) is 3. The third-order valence-corrected chi connectivity index (χ3v) is 2.93. The first-order chi connectivity index (χ1) is 6.11. The first-order valence-electron chi connectivity index (χ1n) is 4.58. The highest BCUT2D eigenvalue weighted by Crippen LogP contribution is 2.23. The maximum atomic E-state index is 9.81. The molecule has 2 nitrogen and oxygen atoms in total. The summed E-state index contributed by atoms with van der Waals surface area (Å²) < 4.78 is 0. The number of rotatable bonds is 4. The van der Waals surface area contributed by atoms with Crippen LogP contribution < -0.4 is 5.73 Å². The van der Waals surface area contributed by atoms with Crippen LogP contribution in [0.3, 0.4) is 0 Å². The van der Waals surface area contributed by atoms with Crippen molar-refractivity contribution in [2.75, 3.05) is 0 Å². The van der Waals surface area contributed by atoms with Crippen LogP contribution in [0.25, 0.3) is 0 Å². The summed E-state index contributed by atoms with van der Waals surface area (Å²) in [4.78, 5) is 0.966. The molecule has 0 amide bonds. The predicted molar refractivity (Wildman–Crippen MR) is 56.7 cm³/mol. The van der Waals surface area contributed by atoms with Crippen LogP contribution in [0.5, 0.6) is 0 Å². The summed E-state index contributed by atoms with van der Waals surface area (Å²) in [6.45, 7) is 4.22. The van der Waals surface area contributed by atoms with E-state index in [0.29, 0.717) is 5.92 Å². The summed E-state index contributed by atoms with van der Waals surface area (Å²) >= 11 is 1.56. The third kappa shape index (κ3) is 3.10. The SMILES string of the molecule is CC(C)CC(N)[C@@H](O)c1cccs1. The van der Waals surface area contributed by atoms with Gasteiger partial charge in [0.1, 0.15) is 6.10 Å². The van der Waals surface area contributed by atoms with Crippen LogP contribution in [-0.2, 0) is 0 Å². The molecule has 1 aromatic rings. The molecule has 3 N–H and O–H groups in total. The second-order valence-electron chi connectivity index (χ2n) is 3.75. The Morgan fingerprint density at radius 3 is 2.69 bits per heavy atom. The van der Waals surface area contributed by atoms with Crippen LogP contribution in [0.4, 0.5) is 0 Å². The highest BCUT2D eigenvalue weighted by atomic mass is 32.1. The standard InChI is InChI=1S/C10H17NOS/c1-7(2)6-8(11)10(12)9-4-3-5-13-9/h3-5,7-8,10,12H,6,11H2,1-2H3/t8?,10-/m1/s1. The van der Waals surface area contributed by atoms with Gasteiger partial charge in [0.25, 0.3) is 0 Å². The molecule has 0 aliphatic rings. The van der Waals surface area contributed by atoms with Crippen LogP contribution in [0.1, 0.15) is 31.2 Å². The third-order valence-electron chi connectivity index (χ3n) is 1.98. The van der Waals surface area contributed by atoms with E-state index in [-0.39, 0.29) is 6.04 Å². The first kappa shape index (κ1) is 10.7. The molecule has 1 rings (SSSR count). The fourth-order valence-electron chi connectivity index (χ4n) is 1.34. The van der Waals surface area contributed by atoms with Gasteiger partial charge in [0.2, 0.25) is 0 Å². The molecule has 2 atom stereocenters. The molecule has 0 bridgehead atoms. The van der Waals surface area contributed by atoms with Crippen LogP contribution in [0.2, 0.25) is 0 Å². The molecule has 0 spiro atoms. The predicted octanol–water partition coefficient (Wildman–Crippen LogP) is 2.15. The fourth-order valence-corrected chi connectivity index (χ4v) is 2.13. The maximum Gasteiger partial charge on any atom is 0.103 e. The minimum Gasteiger partial charge on any atom is -0.386 e. The van der Waals surface area contributed by atoms with Crippen molar-refractivity contribution in [1.29, 1.82) is 0 Å². The van der Waals surface area contributed by atoms with Gasteiger partial charge in [0.15, 0.2) is 0 Å². The number of thiophene rings is 1. The highest BCUT2D eigenvalue weighted by Gasteiger charge is 2.18. The number of aliphatic hydroxyl groups excluding tert-OH is 1. The highest BCUT2D eigenvalue weighted by molar-refractivity contribution is 7.10. The van der Waals surface area contributed by atoms with Gasteiger partial charge in [-0.1, -0.05) is 19.9 Å².